The van der Waals surface area contributed by atoms with Crippen LogP contribution >= 0.6 is 0 Å². The van der Waals surface area contributed by atoms with E-state index in [1.165, 1.54) is 11.1 Å². The lowest BCUT2D eigenvalue weighted by molar-refractivity contribution is 0.181. The molecule has 3 aromatic rings. The number of fused-ring (bicyclic) bond motifs is 1. The number of nitrogens with zero attached hydrogens (tertiary/aromatic N) is 3. The second-order valence-electron chi connectivity index (χ2n) is 8.53. The van der Waals surface area contributed by atoms with Gasteiger partial charge in [-0.25, -0.2) is 8.78 Å². The van der Waals surface area contributed by atoms with Crippen LogP contribution in [0.3, 0.4) is 0 Å². The third-order valence-corrected chi connectivity index (χ3v) is 6.34. The minimum atomic E-state index is -0.770. The largest absolute Gasteiger partial charge is 0.483 e. The molecule has 2 heterocycles. The molecule has 172 valence electrons. The summed E-state index contributed by atoms with van der Waals surface area (Å²) in [6, 6.07) is 11.3. The van der Waals surface area contributed by atoms with E-state index in [9.17, 15) is 13.6 Å². The number of aryl methyl sites for hydroxylation is 2. The maximum atomic E-state index is 13.8. The lowest BCUT2D eigenvalue weighted by Gasteiger charge is -2.31. The first kappa shape index (κ1) is 21.6. The van der Waals surface area contributed by atoms with Gasteiger partial charge in [-0.15, -0.1) is 0 Å². The SMILES string of the molecule is O=c1c(OC2CCc3ccccc3CC2)c(N2CCNCC2)cnn1-c1cc(F)cc(F)c1. The molecule has 0 amide bonds. The predicted octanol–water partition coefficient (Wildman–Crippen LogP) is 3.25. The number of hydrogen-bond donors (Lipinski definition) is 1. The average Bonchev–Trinajstić information content (AvgIpc) is 3.03. The number of aromatic nitrogens is 2. The van der Waals surface area contributed by atoms with Crippen molar-refractivity contribution in [2.24, 2.45) is 0 Å². The zero-order chi connectivity index (χ0) is 22.8. The average molecular weight is 453 g/mol. The van der Waals surface area contributed by atoms with Crippen molar-refractivity contribution < 1.29 is 13.5 Å². The monoisotopic (exact) mass is 452 g/mol. The van der Waals surface area contributed by atoms with Crippen LogP contribution in [-0.2, 0) is 12.8 Å². The van der Waals surface area contributed by atoms with E-state index in [0.29, 0.717) is 18.8 Å². The van der Waals surface area contributed by atoms with E-state index in [-0.39, 0.29) is 17.5 Å². The highest BCUT2D eigenvalue weighted by Crippen LogP contribution is 2.29. The van der Waals surface area contributed by atoms with Crippen molar-refractivity contribution in [1.82, 2.24) is 15.1 Å². The van der Waals surface area contributed by atoms with Crippen molar-refractivity contribution in [1.29, 1.82) is 0 Å². The van der Waals surface area contributed by atoms with Gasteiger partial charge in [0, 0.05) is 32.2 Å². The van der Waals surface area contributed by atoms with Gasteiger partial charge in [0.15, 0.2) is 0 Å². The first-order valence-corrected chi connectivity index (χ1v) is 11.4. The Morgan fingerprint density at radius 3 is 2.24 bits per heavy atom. The van der Waals surface area contributed by atoms with Crippen molar-refractivity contribution in [2.75, 3.05) is 31.1 Å². The van der Waals surface area contributed by atoms with Crippen LogP contribution in [0.15, 0.2) is 53.5 Å². The Bertz CT molecular complexity index is 1160. The molecular formula is C25H26F2N4O2. The van der Waals surface area contributed by atoms with Gasteiger partial charge < -0.3 is 15.0 Å². The second-order valence-corrected chi connectivity index (χ2v) is 8.53. The number of nitrogens with one attached hydrogen (secondary N) is 1. The van der Waals surface area contributed by atoms with Gasteiger partial charge in [0.2, 0.25) is 5.75 Å². The number of ether oxygens (including phenoxy) is 1. The van der Waals surface area contributed by atoms with E-state index >= 15 is 0 Å². The van der Waals surface area contributed by atoms with Crippen molar-refractivity contribution in [3.05, 3.63) is 81.8 Å². The minimum absolute atomic E-state index is 0.0301. The van der Waals surface area contributed by atoms with E-state index in [1.807, 2.05) is 12.1 Å². The number of anilines is 1. The molecule has 0 unspecified atom stereocenters. The fourth-order valence-electron chi connectivity index (χ4n) is 4.62. The first-order valence-electron chi connectivity index (χ1n) is 11.4. The van der Waals surface area contributed by atoms with Crippen LogP contribution in [0.4, 0.5) is 14.5 Å². The summed E-state index contributed by atoms with van der Waals surface area (Å²) < 4.78 is 35.1. The predicted molar refractivity (Wildman–Crippen MR) is 122 cm³/mol. The lowest BCUT2D eigenvalue weighted by Crippen LogP contribution is -2.44. The maximum Gasteiger partial charge on any atom is 0.316 e. The molecule has 0 bridgehead atoms. The van der Waals surface area contributed by atoms with Gasteiger partial charge >= 0.3 is 5.56 Å². The molecule has 0 radical (unpaired) electrons. The van der Waals surface area contributed by atoms with Crippen molar-refractivity contribution in [3.8, 4) is 11.4 Å². The van der Waals surface area contributed by atoms with E-state index in [1.54, 1.807) is 6.20 Å². The fourth-order valence-corrected chi connectivity index (χ4v) is 4.62. The van der Waals surface area contributed by atoms with Crippen LogP contribution in [0.5, 0.6) is 5.75 Å². The third kappa shape index (κ3) is 4.61. The van der Waals surface area contributed by atoms with E-state index in [2.05, 4.69) is 27.4 Å². The van der Waals surface area contributed by atoms with Gasteiger partial charge in [-0.1, -0.05) is 24.3 Å². The van der Waals surface area contributed by atoms with E-state index in [0.717, 1.165) is 61.7 Å². The Hall–Kier alpha value is -3.26. The summed E-state index contributed by atoms with van der Waals surface area (Å²) in [5.41, 5.74) is 2.76. The molecule has 0 spiro atoms. The van der Waals surface area contributed by atoms with Gasteiger partial charge in [-0.05, 0) is 48.9 Å². The molecule has 5 rings (SSSR count). The summed E-state index contributed by atoms with van der Waals surface area (Å²) in [7, 11) is 0. The van der Waals surface area contributed by atoms with Crippen LogP contribution in [0.1, 0.15) is 24.0 Å². The molecule has 1 aliphatic heterocycles. The summed E-state index contributed by atoms with van der Waals surface area (Å²) in [5.74, 6) is -1.35. The standard InChI is InChI=1S/C25H26F2N4O2/c26-19-13-20(27)15-21(14-19)31-25(32)24(23(16-29-31)30-11-9-28-10-12-30)33-22-7-5-17-3-1-2-4-18(17)6-8-22/h1-4,13-16,22,28H,5-12H2. The minimum Gasteiger partial charge on any atom is -0.483 e. The molecule has 1 fully saturated rings. The number of hydrogen-bond acceptors (Lipinski definition) is 5. The highest BCUT2D eigenvalue weighted by molar-refractivity contribution is 5.57. The quantitative estimate of drug-likeness (QED) is 0.616. The van der Waals surface area contributed by atoms with Crippen LogP contribution in [0, 0.1) is 11.6 Å². The van der Waals surface area contributed by atoms with Gasteiger partial charge in [0.05, 0.1) is 18.0 Å². The number of benzene rings is 2. The number of piperazine rings is 1. The second kappa shape index (κ2) is 9.31. The molecule has 2 aliphatic rings. The van der Waals surface area contributed by atoms with Crippen LogP contribution < -0.4 is 20.5 Å². The summed E-state index contributed by atoms with van der Waals surface area (Å²) in [6.07, 6.45) is 4.74. The zero-order valence-corrected chi connectivity index (χ0v) is 18.3. The van der Waals surface area contributed by atoms with Crippen LogP contribution in [0.2, 0.25) is 0 Å². The topological polar surface area (TPSA) is 59.4 Å². The van der Waals surface area contributed by atoms with E-state index in [4.69, 9.17) is 4.74 Å². The molecule has 0 atom stereocenters. The molecule has 33 heavy (non-hydrogen) atoms. The van der Waals surface area contributed by atoms with Crippen molar-refractivity contribution in [2.45, 2.75) is 31.8 Å². The maximum absolute atomic E-state index is 13.8. The summed E-state index contributed by atoms with van der Waals surface area (Å²) >= 11 is 0. The Morgan fingerprint density at radius 2 is 1.61 bits per heavy atom. The number of halogens is 2. The molecule has 6 nitrogen and oxygen atoms in total. The van der Waals surface area contributed by atoms with Crippen molar-refractivity contribution >= 4 is 5.69 Å². The Balaban J connectivity index is 1.51. The highest BCUT2D eigenvalue weighted by Gasteiger charge is 2.25. The smallest absolute Gasteiger partial charge is 0.316 e. The van der Waals surface area contributed by atoms with Crippen LogP contribution in [0.25, 0.3) is 5.69 Å². The Labute approximate surface area is 190 Å². The van der Waals surface area contributed by atoms with Gasteiger partial charge in [0.25, 0.3) is 0 Å². The zero-order valence-electron chi connectivity index (χ0n) is 18.3. The first-order chi connectivity index (χ1) is 16.1. The molecule has 0 saturated carbocycles. The molecule has 1 N–H and O–H groups in total. The van der Waals surface area contributed by atoms with Crippen molar-refractivity contribution in [3.63, 3.8) is 0 Å². The Morgan fingerprint density at radius 1 is 0.970 bits per heavy atom. The van der Waals surface area contributed by atoms with Gasteiger partial charge in [-0.2, -0.15) is 9.78 Å². The molecule has 2 aromatic carbocycles. The highest BCUT2D eigenvalue weighted by atomic mass is 19.1. The summed E-state index contributed by atoms with van der Waals surface area (Å²) in [6.45, 7) is 3.01. The Kier molecular flexibility index (Phi) is 6.09. The molecule has 1 saturated heterocycles. The third-order valence-electron chi connectivity index (χ3n) is 6.34. The molecule has 1 aromatic heterocycles. The summed E-state index contributed by atoms with van der Waals surface area (Å²) in [4.78, 5) is 15.6. The molecule has 8 heteroatoms. The van der Waals surface area contributed by atoms with Gasteiger partial charge in [0.1, 0.15) is 17.3 Å². The van der Waals surface area contributed by atoms with E-state index < -0.39 is 17.2 Å². The molecular weight excluding hydrogens is 426 g/mol. The normalized spacial score (nSPS) is 16.8. The van der Waals surface area contributed by atoms with Gasteiger partial charge in [-0.3, -0.25) is 4.79 Å². The van der Waals surface area contributed by atoms with Crippen LogP contribution in [-0.4, -0.2) is 42.1 Å². The lowest BCUT2D eigenvalue weighted by atomic mass is 10.0. The summed E-state index contributed by atoms with van der Waals surface area (Å²) in [5, 5.41) is 7.54. The number of rotatable bonds is 4. The fraction of sp³-hybridized carbons (Fsp3) is 0.360. The molecule has 1 aliphatic carbocycles.